The van der Waals surface area contributed by atoms with Crippen molar-refractivity contribution >= 4 is 40.4 Å². The van der Waals surface area contributed by atoms with Gasteiger partial charge in [-0.3, -0.25) is 4.79 Å². The minimum atomic E-state index is -0.553. The molecule has 4 aromatic carbocycles. The average molecular weight is 523 g/mol. The second-order valence-electron chi connectivity index (χ2n) is 8.63. The van der Waals surface area contributed by atoms with E-state index in [0.29, 0.717) is 51.0 Å². The van der Waals surface area contributed by atoms with Gasteiger partial charge in [0.1, 0.15) is 35.0 Å². The van der Waals surface area contributed by atoms with E-state index in [2.05, 4.69) is 0 Å². The number of halogens is 1. The van der Waals surface area contributed by atoms with E-state index in [-0.39, 0.29) is 5.78 Å². The molecule has 6 heteroatoms. The molecule has 0 aliphatic rings. The maximum absolute atomic E-state index is 13.1. The Morgan fingerprint density at radius 2 is 1.58 bits per heavy atom. The lowest BCUT2D eigenvalue weighted by Crippen LogP contribution is -2.09. The first-order chi connectivity index (χ1) is 18.5. The first-order valence-corrected chi connectivity index (χ1v) is 12.3. The van der Waals surface area contributed by atoms with E-state index in [1.165, 1.54) is 6.08 Å². The van der Waals surface area contributed by atoms with Crippen LogP contribution in [0.3, 0.4) is 0 Å². The quantitative estimate of drug-likeness (QED) is 0.0891. The Morgan fingerprint density at radius 3 is 2.32 bits per heavy atom. The maximum Gasteiger partial charge on any atom is 0.347 e. The van der Waals surface area contributed by atoms with Crippen molar-refractivity contribution in [3.05, 3.63) is 136 Å². The van der Waals surface area contributed by atoms with E-state index >= 15 is 0 Å². The fourth-order valence-corrected chi connectivity index (χ4v) is 4.10. The van der Waals surface area contributed by atoms with Gasteiger partial charge in [0, 0.05) is 16.0 Å². The van der Waals surface area contributed by atoms with Crippen molar-refractivity contribution in [1.29, 1.82) is 0 Å². The largest absolute Gasteiger partial charge is 0.489 e. The minimum absolute atomic E-state index is 0.169. The number of fused-ring (bicyclic) bond motifs is 1. The minimum Gasteiger partial charge on any atom is -0.489 e. The molecule has 0 spiro atoms. The molecule has 0 aliphatic carbocycles. The van der Waals surface area contributed by atoms with Gasteiger partial charge in [-0.25, -0.2) is 4.79 Å². The SMILES string of the molecule is Cc1oc2ccc(OCc3ccccc3)cc2c1C(=O)Oc1ccc(C(=O)/C=C/c2ccc(Cl)cc2)cc1. The van der Waals surface area contributed by atoms with E-state index in [9.17, 15) is 9.59 Å². The fraction of sp³-hybridized carbons (Fsp3) is 0.0625. The standard InChI is InChI=1S/C32H23ClO5/c1-21-31(28-19-27(16-18-30(28)37-21)36-20-23-5-3-2-4-6-23)32(35)38-26-14-10-24(11-15-26)29(34)17-9-22-7-12-25(33)13-8-22/h2-19H,20H2,1H3/b17-9+. The Labute approximate surface area is 224 Å². The number of benzene rings is 4. The second kappa shape index (κ2) is 11.2. The van der Waals surface area contributed by atoms with Crippen molar-refractivity contribution in [2.45, 2.75) is 13.5 Å². The average Bonchev–Trinajstić information content (AvgIpc) is 3.27. The summed E-state index contributed by atoms with van der Waals surface area (Å²) < 4.78 is 17.3. The molecule has 0 bridgehead atoms. The third kappa shape index (κ3) is 5.85. The monoisotopic (exact) mass is 522 g/mol. The maximum atomic E-state index is 13.1. The molecule has 0 saturated heterocycles. The van der Waals surface area contributed by atoms with Gasteiger partial charge in [0.15, 0.2) is 5.78 Å². The first-order valence-electron chi connectivity index (χ1n) is 12.0. The highest BCUT2D eigenvalue weighted by Gasteiger charge is 2.21. The van der Waals surface area contributed by atoms with Crippen LogP contribution in [0.25, 0.3) is 17.0 Å². The molecular formula is C32H23ClO5. The molecule has 0 amide bonds. The molecular weight excluding hydrogens is 500 g/mol. The van der Waals surface area contributed by atoms with Crippen molar-refractivity contribution in [3.63, 3.8) is 0 Å². The molecule has 0 radical (unpaired) electrons. The summed E-state index contributed by atoms with van der Waals surface area (Å²) in [5.41, 5.74) is 3.27. The molecule has 5 rings (SSSR count). The Morgan fingerprint density at radius 1 is 0.868 bits per heavy atom. The Balaban J connectivity index is 1.28. The van der Waals surface area contributed by atoms with E-state index in [1.807, 2.05) is 42.5 Å². The number of hydrogen-bond acceptors (Lipinski definition) is 5. The van der Waals surface area contributed by atoms with Crippen LogP contribution in [0.15, 0.2) is 108 Å². The molecule has 1 heterocycles. The molecule has 5 aromatic rings. The fourth-order valence-electron chi connectivity index (χ4n) is 3.97. The van der Waals surface area contributed by atoms with Crippen LogP contribution in [0.1, 0.15) is 37.6 Å². The van der Waals surface area contributed by atoms with Crippen LogP contribution in [0.5, 0.6) is 11.5 Å². The van der Waals surface area contributed by atoms with Gasteiger partial charge in [-0.1, -0.05) is 60.1 Å². The lowest BCUT2D eigenvalue weighted by atomic mass is 10.1. The zero-order valence-corrected chi connectivity index (χ0v) is 21.3. The Bertz CT molecular complexity index is 1620. The van der Waals surface area contributed by atoms with Crippen LogP contribution < -0.4 is 9.47 Å². The predicted octanol–water partition coefficient (Wildman–Crippen LogP) is 8.09. The van der Waals surface area contributed by atoms with Crippen molar-refractivity contribution in [2.24, 2.45) is 0 Å². The second-order valence-corrected chi connectivity index (χ2v) is 9.06. The van der Waals surface area contributed by atoms with Crippen LogP contribution in [0.4, 0.5) is 0 Å². The van der Waals surface area contributed by atoms with Crippen molar-refractivity contribution in [1.82, 2.24) is 0 Å². The van der Waals surface area contributed by atoms with Gasteiger partial charge in [0.05, 0.1) is 0 Å². The number of hydrogen-bond donors (Lipinski definition) is 0. The van der Waals surface area contributed by atoms with Crippen LogP contribution in [-0.2, 0) is 6.61 Å². The van der Waals surface area contributed by atoms with Gasteiger partial charge in [0.25, 0.3) is 0 Å². The molecule has 0 aliphatic heterocycles. The van der Waals surface area contributed by atoms with Crippen LogP contribution in [0, 0.1) is 6.92 Å². The summed E-state index contributed by atoms with van der Waals surface area (Å²) in [5.74, 6) is 0.661. The number of aryl methyl sites for hydroxylation is 1. The van der Waals surface area contributed by atoms with Gasteiger partial charge in [-0.2, -0.15) is 0 Å². The van der Waals surface area contributed by atoms with Crippen molar-refractivity contribution < 1.29 is 23.5 Å². The summed E-state index contributed by atoms with van der Waals surface area (Å²) >= 11 is 5.89. The van der Waals surface area contributed by atoms with Crippen molar-refractivity contribution in [2.75, 3.05) is 0 Å². The summed E-state index contributed by atoms with van der Waals surface area (Å²) in [6.07, 6.45) is 3.21. The Kier molecular flexibility index (Phi) is 7.38. The normalized spacial score (nSPS) is 11.1. The number of carbonyl (C=O) groups excluding carboxylic acids is 2. The number of carbonyl (C=O) groups is 2. The van der Waals surface area contributed by atoms with Gasteiger partial charge in [-0.15, -0.1) is 0 Å². The van der Waals surface area contributed by atoms with Crippen LogP contribution in [0.2, 0.25) is 5.02 Å². The highest BCUT2D eigenvalue weighted by Crippen LogP contribution is 2.30. The van der Waals surface area contributed by atoms with Gasteiger partial charge < -0.3 is 13.9 Å². The molecule has 0 N–H and O–H groups in total. The van der Waals surface area contributed by atoms with Gasteiger partial charge >= 0.3 is 5.97 Å². The molecule has 0 atom stereocenters. The molecule has 188 valence electrons. The zero-order chi connectivity index (χ0) is 26.5. The van der Waals surface area contributed by atoms with E-state index in [4.69, 9.17) is 25.5 Å². The third-order valence-electron chi connectivity index (χ3n) is 5.93. The molecule has 0 unspecified atom stereocenters. The summed E-state index contributed by atoms with van der Waals surface area (Å²) in [5, 5.41) is 1.24. The summed E-state index contributed by atoms with van der Waals surface area (Å²) in [6.45, 7) is 2.12. The molecule has 0 saturated carbocycles. The lowest BCUT2D eigenvalue weighted by molar-refractivity contribution is 0.0734. The third-order valence-corrected chi connectivity index (χ3v) is 6.19. The number of furan rings is 1. The highest BCUT2D eigenvalue weighted by molar-refractivity contribution is 6.30. The summed E-state index contributed by atoms with van der Waals surface area (Å²) in [7, 11) is 0. The van der Waals surface area contributed by atoms with Crippen LogP contribution in [-0.4, -0.2) is 11.8 Å². The van der Waals surface area contributed by atoms with Crippen molar-refractivity contribution in [3.8, 4) is 11.5 Å². The topological polar surface area (TPSA) is 65.7 Å². The highest BCUT2D eigenvalue weighted by atomic mass is 35.5. The van der Waals surface area contributed by atoms with E-state index in [0.717, 1.165) is 11.1 Å². The first kappa shape index (κ1) is 25.1. The van der Waals surface area contributed by atoms with Gasteiger partial charge in [0.2, 0.25) is 0 Å². The predicted molar refractivity (Wildman–Crippen MR) is 148 cm³/mol. The number of rotatable bonds is 8. The Hall–Kier alpha value is -4.61. The molecule has 0 fully saturated rings. The number of esters is 1. The summed E-state index contributed by atoms with van der Waals surface area (Å²) in [4.78, 5) is 25.6. The molecule has 38 heavy (non-hydrogen) atoms. The number of allylic oxidation sites excluding steroid dienone is 1. The number of ether oxygens (including phenoxy) is 2. The van der Waals surface area contributed by atoms with E-state index < -0.39 is 5.97 Å². The van der Waals surface area contributed by atoms with E-state index in [1.54, 1.807) is 67.6 Å². The zero-order valence-electron chi connectivity index (χ0n) is 20.5. The molecule has 5 nitrogen and oxygen atoms in total. The van der Waals surface area contributed by atoms with Gasteiger partial charge in [-0.05, 0) is 78.7 Å². The molecule has 1 aromatic heterocycles. The summed E-state index contributed by atoms with van der Waals surface area (Å²) in [6, 6.07) is 28.8. The lowest BCUT2D eigenvalue weighted by Gasteiger charge is -2.07. The van der Waals surface area contributed by atoms with Crippen LogP contribution >= 0.6 is 11.6 Å². The smallest absolute Gasteiger partial charge is 0.347 e. The number of ketones is 1.